The van der Waals surface area contributed by atoms with E-state index in [0.717, 1.165) is 24.4 Å². The Labute approximate surface area is 115 Å². The predicted molar refractivity (Wildman–Crippen MR) is 70.2 cm³/mol. The minimum absolute atomic E-state index is 0.183. The van der Waals surface area contributed by atoms with Crippen molar-refractivity contribution in [3.63, 3.8) is 0 Å². The Morgan fingerprint density at radius 2 is 2.11 bits per heavy atom. The second kappa shape index (κ2) is 5.64. The highest BCUT2D eigenvalue weighted by Crippen LogP contribution is 2.37. The molecule has 2 rings (SSSR count). The number of hydrogen-bond donors (Lipinski definition) is 2. The number of aromatic nitrogens is 2. The van der Waals surface area contributed by atoms with E-state index in [2.05, 4.69) is 14.9 Å². The summed E-state index contributed by atoms with van der Waals surface area (Å²) in [5.74, 6) is -1.08. The third-order valence-electron chi connectivity index (χ3n) is 3.70. The molecule has 0 saturated heterocycles. The highest BCUT2D eigenvalue weighted by atomic mass is 32.1. The zero-order valence-corrected chi connectivity index (χ0v) is 11.6. The van der Waals surface area contributed by atoms with Gasteiger partial charge >= 0.3 is 5.97 Å². The highest BCUT2D eigenvalue weighted by molar-refractivity contribution is 7.08. The van der Waals surface area contributed by atoms with E-state index in [4.69, 9.17) is 0 Å². The van der Waals surface area contributed by atoms with E-state index in [-0.39, 0.29) is 12.5 Å². The molecule has 1 fully saturated rings. The van der Waals surface area contributed by atoms with Crippen LogP contribution in [0.2, 0.25) is 0 Å². The Bertz CT molecular complexity index is 480. The van der Waals surface area contributed by atoms with E-state index in [0.29, 0.717) is 29.8 Å². The third-order valence-corrected chi connectivity index (χ3v) is 4.47. The number of amides is 1. The molecule has 0 radical (unpaired) electrons. The van der Waals surface area contributed by atoms with Crippen LogP contribution in [-0.2, 0) is 11.2 Å². The molecule has 0 atom stereocenters. The van der Waals surface area contributed by atoms with Crippen molar-refractivity contribution in [2.45, 2.75) is 39.0 Å². The Balaban J connectivity index is 2.02. The molecular weight excluding hydrogens is 266 g/mol. The first-order chi connectivity index (χ1) is 9.09. The summed E-state index contributed by atoms with van der Waals surface area (Å²) >= 11 is 1.05. The zero-order chi connectivity index (χ0) is 13.9. The molecule has 2 N–H and O–H groups in total. The molecule has 6 nitrogen and oxygen atoms in total. The van der Waals surface area contributed by atoms with Gasteiger partial charge in [-0.1, -0.05) is 24.3 Å². The fourth-order valence-corrected chi connectivity index (χ4v) is 3.13. The lowest BCUT2D eigenvalue weighted by molar-refractivity contribution is -0.148. The molecular formula is C12H17N3O3S. The van der Waals surface area contributed by atoms with Crippen molar-refractivity contribution in [1.82, 2.24) is 14.9 Å². The van der Waals surface area contributed by atoms with E-state index < -0.39 is 11.4 Å². The number of carboxylic acids is 1. The van der Waals surface area contributed by atoms with Crippen molar-refractivity contribution in [3.05, 3.63) is 10.6 Å². The van der Waals surface area contributed by atoms with E-state index in [9.17, 15) is 14.7 Å². The van der Waals surface area contributed by atoms with Crippen LogP contribution >= 0.6 is 11.5 Å². The van der Waals surface area contributed by atoms with Crippen molar-refractivity contribution in [1.29, 1.82) is 0 Å². The highest BCUT2D eigenvalue weighted by Gasteiger charge is 2.41. The van der Waals surface area contributed by atoms with Gasteiger partial charge in [-0.05, 0) is 30.8 Å². The van der Waals surface area contributed by atoms with Crippen LogP contribution in [0.15, 0.2) is 0 Å². The van der Waals surface area contributed by atoms with Crippen molar-refractivity contribution < 1.29 is 14.7 Å². The molecule has 1 amide bonds. The normalized spacial score (nSPS) is 17.3. The molecule has 1 aliphatic rings. The number of carbonyl (C=O) groups excluding carboxylic acids is 1. The molecule has 19 heavy (non-hydrogen) atoms. The fraction of sp³-hybridized carbons (Fsp3) is 0.667. The summed E-state index contributed by atoms with van der Waals surface area (Å²) in [5, 5.41) is 15.9. The maximum absolute atomic E-state index is 12.0. The average molecular weight is 283 g/mol. The van der Waals surface area contributed by atoms with Gasteiger partial charge in [-0.25, -0.2) is 0 Å². The molecule has 1 saturated carbocycles. The number of carbonyl (C=O) groups is 2. The van der Waals surface area contributed by atoms with Crippen molar-refractivity contribution >= 4 is 23.4 Å². The average Bonchev–Trinajstić information content (AvgIpc) is 3.05. The number of nitrogens with one attached hydrogen (secondary N) is 1. The number of carboxylic acid groups (broad SMARTS) is 1. The molecule has 1 aromatic heterocycles. The van der Waals surface area contributed by atoms with Crippen LogP contribution in [0.4, 0.5) is 0 Å². The zero-order valence-electron chi connectivity index (χ0n) is 10.8. The lowest BCUT2D eigenvalue weighted by Gasteiger charge is -2.23. The van der Waals surface area contributed by atoms with Crippen LogP contribution in [0.5, 0.6) is 0 Å². The summed E-state index contributed by atoms with van der Waals surface area (Å²) in [6.45, 7) is 2.09. The molecule has 0 aromatic carbocycles. The topological polar surface area (TPSA) is 92.2 Å². The summed E-state index contributed by atoms with van der Waals surface area (Å²) in [7, 11) is 0. The Morgan fingerprint density at radius 3 is 2.68 bits per heavy atom. The summed E-state index contributed by atoms with van der Waals surface area (Å²) < 4.78 is 3.76. The Kier molecular flexibility index (Phi) is 4.14. The second-order valence-corrected chi connectivity index (χ2v) is 5.63. The second-order valence-electron chi connectivity index (χ2n) is 4.88. The van der Waals surface area contributed by atoms with Gasteiger partial charge < -0.3 is 10.4 Å². The standard InChI is InChI=1S/C12H17N3O3S/c1-2-8-9(19-15-14-8)10(16)13-7-12(11(17)18)5-3-4-6-12/h2-7H2,1H3,(H,13,16)(H,17,18). The van der Waals surface area contributed by atoms with Gasteiger partial charge in [0, 0.05) is 6.54 Å². The van der Waals surface area contributed by atoms with E-state index in [1.165, 1.54) is 0 Å². The van der Waals surface area contributed by atoms with E-state index in [1.54, 1.807) is 0 Å². The van der Waals surface area contributed by atoms with Crippen LogP contribution in [0, 0.1) is 5.41 Å². The van der Waals surface area contributed by atoms with Crippen molar-refractivity contribution in [2.75, 3.05) is 6.54 Å². The van der Waals surface area contributed by atoms with Gasteiger partial charge in [0.2, 0.25) is 0 Å². The Morgan fingerprint density at radius 1 is 1.42 bits per heavy atom. The van der Waals surface area contributed by atoms with Crippen molar-refractivity contribution in [2.24, 2.45) is 5.41 Å². The van der Waals surface area contributed by atoms with Crippen LogP contribution in [0.3, 0.4) is 0 Å². The summed E-state index contributed by atoms with van der Waals surface area (Å²) in [6, 6.07) is 0. The van der Waals surface area contributed by atoms with Gasteiger partial charge in [0.15, 0.2) is 0 Å². The SMILES string of the molecule is CCc1nnsc1C(=O)NCC1(C(=O)O)CCCC1. The van der Waals surface area contributed by atoms with E-state index >= 15 is 0 Å². The van der Waals surface area contributed by atoms with Crippen LogP contribution < -0.4 is 5.32 Å². The van der Waals surface area contributed by atoms with Gasteiger partial charge in [-0.3, -0.25) is 9.59 Å². The lowest BCUT2D eigenvalue weighted by Crippen LogP contribution is -2.41. The molecule has 0 unspecified atom stereocenters. The first kappa shape index (κ1) is 13.9. The fourth-order valence-electron chi connectivity index (χ4n) is 2.46. The molecule has 1 heterocycles. The first-order valence-electron chi connectivity index (χ1n) is 6.42. The minimum atomic E-state index is -0.816. The summed E-state index contributed by atoms with van der Waals surface area (Å²) in [6.07, 6.45) is 3.71. The first-order valence-corrected chi connectivity index (χ1v) is 7.19. The third kappa shape index (κ3) is 2.75. The maximum atomic E-state index is 12.0. The molecule has 1 aromatic rings. The van der Waals surface area contributed by atoms with Gasteiger partial charge in [0.25, 0.3) is 5.91 Å². The molecule has 0 spiro atoms. The molecule has 1 aliphatic carbocycles. The van der Waals surface area contributed by atoms with Crippen LogP contribution in [0.25, 0.3) is 0 Å². The number of aryl methyl sites for hydroxylation is 1. The smallest absolute Gasteiger partial charge is 0.311 e. The molecule has 7 heteroatoms. The summed E-state index contributed by atoms with van der Waals surface area (Å²) in [4.78, 5) is 23.9. The van der Waals surface area contributed by atoms with Gasteiger partial charge in [0.05, 0.1) is 11.1 Å². The predicted octanol–water partition coefficient (Wildman–Crippen LogP) is 1.48. The molecule has 0 bridgehead atoms. The van der Waals surface area contributed by atoms with E-state index in [1.807, 2.05) is 6.92 Å². The minimum Gasteiger partial charge on any atom is -0.481 e. The maximum Gasteiger partial charge on any atom is 0.311 e. The number of nitrogens with zero attached hydrogens (tertiary/aromatic N) is 2. The monoisotopic (exact) mass is 283 g/mol. The number of rotatable bonds is 5. The number of hydrogen-bond acceptors (Lipinski definition) is 5. The quantitative estimate of drug-likeness (QED) is 0.853. The largest absolute Gasteiger partial charge is 0.481 e. The van der Waals surface area contributed by atoms with Crippen LogP contribution in [0.1, 0.15) is 48.0 Å². The van der Waals surface area contributed by atoms with Gasteiger partial charge in [-0.2, -0.15) is 0 Å². The van der Waals surface area contributed by atoms with Crippen LogP contribution in [-0.4, -0.2) is 33.1 Å². The Hall–Kier alpha value is -1.50. The molecule has 0 aliphatic heterocycles. The molecule has 104 valence electrons. The number of aliphatic carboxylic acids is 1. The van der Waals surface area contributed by atoms with Gasteiger partial charge in [-0.15, -0.1) is 5.10 Å². The lowest BCUT2D eigenvalue weighted by atomic mass is 9.86. The van der Waals surface area contributed by atoms with Gasteiger partial charge in [0.1, 0.15) is 4.88 Å². The van der Waals surface area contributed by atoms with Crippen molar-refractivity contribution in [3.8, 4) is 0 Å². The summed E-state index contributed by atoms with van der Waals surface area (Å²) in [5.41, 5.74) is -0.126.